The number of benzene rings is 1. The average Bonchev–Trinajstić information content (AvgIpc) is 3.39. The van der Waals surface area contributed by atoms with Gasteiger partial charge in [0.05, 0.1) is 13.0 Å². The maximum Gasteiger partial charge on any atom is 0.227 e. The molecule has 0 unspecified atom stereocenters. The molecule has 0 bridgehead atoms. The highest BCUT2D eigenvalue weighted by Crippen LogP contribution is 2.32. The molecule has 34 heavy (non-hydrogen) atoms. The minimum absolute atomic E-state index is 0.0318. The molecule has 3 aromatic rings. The molecule has 0 radical (unpaired) electrons. The van der Waals surface area contributed by atoms with Crippen molar-refractivity contribution in [1.29, 1.82) is 0 Å². The minimum Gasteiger partial charge on any atom is -0.340 e. The van der Waals surface area contributed by atoms with E-state index >= 15 is 0 Å². The highest BCUT2D eigenvalue weighted by Gasteiger charge is 2.35. The number of fused-ring (bicyclic) bond motifs is 1. The van der Waals surface area contributed by atoms with Crippen LogP contribution in [-0.2, 0) is 11.2 Å². The predicted molar refractivity (Wildman–Crippen MR) is 121 cm³/mol. The Bertz CT molecular complexity index is 1220. The Hall–Kier alpha value is -3.75. The molecule has 2 saturated heterocycles. The van der Waals surface area contributed by atoms with Gasteiger partial charge in [0.25, 0.3) is 0 Å². The Morgan fingerprint density at radius 2 is 2.15 bits per heavy atom. The summed E-state index contributed by atoms with van der Waals surface area (Å²) >= 11 is 0. The Morgan fingerprint density at radius 1 is 1.26 bits per heavy atom. The lowest BCUT2D eigenvalue weighted by atomic mass is 9.95. The van der Waals surface area contributed by atoms with E-state index < -0.39 is 5.82 Å². The number of pyridine rings is 1. The Balaban J connectivity index is 1.19. The first kappa shape index (κ1) is 22.1. The van der Waals surface area contributed by atoms with E-state index in [0.29, 0.717) is 30.9 Å². The van der Waals surface area contributed by atoms with Gasteiger partial charge in [0.2, 0.25) is 11.6 Å². The molecule has 0 saturated carbocycles. The first-order chi connectivity index (χ1) is 16.5. The summed E-state index contributed by atoms with van der Waals surface area (Å²) in [6.07, 6.45) is 3.44. The second-order valence-corrected chi connectivity index (χ2v) is 8.63. The molecule has 4 heterocycles. The van der Waals surface area contributed by atoms with Crippen molar-refractivity contribution >= 4 is 11.6 Å². The maximum atomic E-state index is 13.9. The van der Waals surface area contributed by atoms with Gasteiger partial charge in [0.15, 0.2) is 5.82 Å². The Morgan fingerprint density at radius 3 is 2.88 bits per heavy atom. The van der Waals surface area contributed by atoms with Crippen LogP contribution in [-0.4, -0.2) is 79.7 Å². The van der Waals surface area contributed by atoms with Gasteiger partial charge < -0.3 is 10.2 Å². The fourth-order valence-corrected chi connectivity index (χ4v) is 4.75. The van der Waals surface area contributed by atoms with Crippen molar-refractivity contribution in [1.82, 2.24) is 40.3 Å². The Labute approximate surface area is 196 Å². The normalized spacial score (nSPS) is 20.6. The molecule has 5 rings (SSSR count). The predicted octanol–water partition coefficient (Wildman–Crippen LogP) is 1.46. The van der Waals surface area contributed by atoms with E-state index in [1.807, 2.05) is 11.0 Å². The van der Waals surface area contributed by atoms with E-state index in [4.69, 9.17) is 6.57 Å². The van der Waals surface area contributed by atoms with E-state index in [0.717, 1.165) is 30.8 Å². The fourth-order valence-electron chi connectivity index (χ4n) is 4.75. The van der Waals surface area contributed by atoms with Gasteiger partial charge in [0, 0.05) is 51.0 Å². The highest BCUT2D eigenvalue weighted by molar-refractivity contribution is 5.79. The van der Waals surface area contributed by atoms with Crippen LogP contribution in [0.25, 0.3) is 10.7 Å². The van der Waals surface area contributed by atoms with Gasteiger partial charge in [-0.2, -0.15) is 4.68 Å². The number of carbonyl (C=O) groups is 1. The van der Waals surface area contributed by atoms with Crippen molar-refractivity contribution in [2.45, 2.75) is 25.4 Å². The molecule has 2 aromatic heterocycles. The Kier molecular flexibility index (Phi) is 6.00. The number of nitrogens with one attached hydrogen (secondary N) is 1. The lowest BCUT2D eigenvalue weighted by Gasteiger charge is -2.47. The molecular formula is C23H24FN9O. The smallest absolute Gasteiger partial charge is 0.227 e. The number of hydrogen-bond acceptors (Lipinski definition) is 7. The maximum absolute atomic E-state index is 13.9. The third-order valence-electron chi connectivity index (χ3n) is 6.63. The number of nitrogens with zero attached hydrogens (tertiary/aromatic N) is 8. The van der Waals surface area contributed by atoms with Crippen LogP contribution in [0.4, 0.5) is 10.1 Å². The molecule has 1 aromatic carbocycles. The number of piperazine rings is 2. The van der Waals surface area contributed by atoms with Crippen LogP contribution in [0.3, 0.4) is 0 Å². The third-order valence-corrected chi connectivity index (χ3v) is 6.63. The molecule has 2 atom stereocenters. The standard InChI is InChI=1S/C23H24FN9O/c1-15-18(4-5-19(24)23(15)25-2)20-13-31-7-8-32(12-17(31)11-26-20)22(34)9-16-3-6-21(27-10-16)33-14-28-29-30-33/h3-6,10,14,17,20,26H,7-9,11-13H2,1H3/t17-,20+/m1/s1. The van der Waals surface area contributed by atoms with Gasteiger partial charge in [-0.25, -0.2) is 14.2 Å². The molecule has 11 heteroatoms. The highest BCUT2D eigenvalue weighted by atomic mass is 19.1. The number of carbonyl (C=O) groups excluding carboxylic acids is 1. The number of halogens is 1. The van der Waals surface area contributed by atoms with Crippen molar-refractivity contribution < 1.29 is 9.18 Å². The van der Waals surface area contributed by atoms with E-state index in [1.54, 1.807) is 25.3 Å². The number of amides is 1. The summed E-state index contributed by atoms with van der Waals surface area (Å²) in [7, 11) is 0. The van der Waals surface area contributed by atoms with Crippen molar-refractivity contribution in [2.24, 2.45) is 0 Å². The number of aromatic nitrogens is 5. The van der Waals surface area contributed by atoms with Crippen LogP contribution in [0.2, 0.25) is 0 Å². The summed E-state index contributed by atoms with van der Waals surface area (Å²) < 4.78 is 15.4. The van der Waals surface area contributed by atoms with E-state index in [1.165, 1.54) is 17.1 Å². The lowest BCUT2D eigenvalue weighted by molar-refractivity contribution is -0.134. The van der Waals surface area contributed by atoms with E-state index in [9.17, 15) is 9.18 Å². The number of rotatable bonds is 4. The number of hydrogen-bond donors (Lipinski definition) is 1. The molecule has 174 valence electrons. The van der Waals surface area contributed by atoms with Gasteiger partial charge in [-0.3, -0.25) is 9.69 Å². The van der Waals surface area contributed by atoms with Crippen LogP contribution in [0.1, 0.15) is 22.7 Å². The second kappa shape index (κ2) is 9.24. The van der Waals surface area contributed by atoms with Crippen LogP contribution in [0.5, 0.6) is 0 Å². The minimum atomic E-state index is -0.475. The van der Waals surface area contributed by atoms with Gasteiger partial charge >= 0.3 is 0 Å². The first-order valence-electron chi connectivity index (χ1n) is 11.1. The quantitative estimate of drug-likeness (QED) is 0.588. The molecule has 2 aliphatic heterocycles. The van der Waals surface area contributed by atoms with E-state index in [2.05, 4.69) is 35.6 Å². The van der Waals surface area contributed by atoms with Crippen LogP contribution in [0, 0.1) is 19.3 Å². The zero-order chi connectivity index (χ0) is 23.7. The van der Waals surface area contributed by atoms with Crippen LogP contribution < -0.4 is 5.32 Å². The summed E-state index contributed by atoms with van der Waals surface area (Å²) in [5.74, 6) is 0.199. The van der Waals surface area contributed by atoms with Crippen molar-refractivity contribution in [3.8, 4) is 5.82 Å². The summed E-state index contributed by atoms with van der Waals surface area (Å²) in [6, 6.07) is 7.06. The molecule has 1 N–H and O–H groups in total. The average molecular weight is 462 g/mol. The second-order valence-electron chi connectivity index (χ2n) is 8.63. The topological polar surface area (TPSA) is 96.4 Å². The zero-order valence-electron chi connectivity index (χ0n) is 18.7. The zero-order valence-corrected chi connectivity index (χ0v) is 18.7. The monoisotopic (exact) mass is 461 g/mol. The summed E-state index contributed by atoms with van der Waals surface area (Å²) in [4.78, 5) is 24.9. The van der Waals surface area contributed by atoms with Gasteiger partial charge in [-0.05, 0) is 46.2 Å². The molecule has 2 fully saturated rings. The number of tetrazole rings is 1. The van der Waals surface area contributed by atoms with Crippen molar-refractivity contribution in [3.05, 3.63) is 70.7 Å². The summed E-state index contributed by atoms with van der Waals surface area (Å²) in [5, 5.41) is 14.5. The SMILES string of the molecule is [C-]#[N+]c1c(F)ccc([C@@H]2CN3CCN(C(=O)Cc4ccc(-n5cnnn5)nc4)C[C@H]3CN2)c1C. The largest absolute Gasteiger partial charge is 0.340 e. The molecule has 0 spiro atoms. The molecule has 10 nitrogen and oxygen atoms in total. The molecule has 2 aliphatic rings. The van der Waals surface area contributed by atoms with Gasteiger partial charge in [-0.15, -0.1) is 5.10 Å². The fraction of sp³-hybridized carbons (Fsp3) is 0.391. The van der Waals surface area contributed by atoms with Crippen molar-refractivity contribution in [3.63, 3.8) is 0 Å². The third kappa shape index (κ3) is 4.25. The molecule has 0 aliphatic carbocycles. The molecular weight excluding hydrogens is 437 g/mol. The lowest BCUT2D eigenvalue weighted by Crippen LogP contribution is -2.62. The summed E-state index contributed by atoms with van der Waals surface area (Å²) in [5.41, 5.74) is 2.59. The van der Waals surface area contributed by atoms with Crippen molar-refractivity contribution in [2.75, 3.05) is 32.7 Å². The van der Waals surface area contributed by atoms with E-state index in [-0.39, 0.29) is 23.7 Å². The van der Waals surface area contributed by atoms with Crippen LogP contribution >= 0.6 is 0 Å². The summed E-state index contributed by atoms with van der Waals surface area (Å²) in [6.45, 7) is 12.7. The first-order valence-corrected chi connectivity index (χ1v) is 11.1. The van der Waals surface area contributed by atoms with Crippen LogP contribution in [0.15, 0.2) is 36.8 Å². The molecule has 1 amide bonds. The van der Waals surface area contributed by atoms with Gasteiger partial charge in [0.1, 0.15) is 12.1 Å². The van der Waals surface area contributed by atoms with Gasteiger partial charge in [-0.1, -0.05) is 12.1 Å².